The van der Waals surface area contributed by atoms with E-state index in [4.69, 9.17) is 10.5 Å². The Morgan fingerprint density at radius 2 is 1.89 bits per heavy atom. The summed E-state index contributed by atoms with van der Waals surface area (Å²) in [5, 5.41) is 5.43. The molecule has 0 saturated carbocycles. The van der Waals surface area contributed by atoms with Crippen molar-refractivity contribution in [2.45, 2.75) is 13.2 Å². The van der Waals surface area contributed by atoms with Gasteiger partial charge < -0.3 is 21.1 Å². The average molecular weight is 379 g/mol. The fourth-order valence-corrected chi connectivity index (χ4v) is 4.04. The van der Waals surface area contributed by atoms with Crippen LogP contribution in [0.2, 0.25) is 0 Å². The number of urea groups is 1. The number of para-hydroxylation sites is 1. The van der Waals surface area contributed by atoms with E-state index in [1.807, 2.05) is 42.5 Å². The quantitative estimate of drug-likeness (QED) is 0.645. The third-order valence-electron chi connectivity index (χ3n) is 4.22. The molecule has 1 aromatic heterocycles. The van der Waals surface area contributed by atoms with Crippen molar-refractivity contribution >= 4 is 29.0 Å². The predicted octanol–water partition coefficient (Wildman–Crippen LogP) is 3.73. The second-order valence-electron chi connectivity index (χ2n) is 6.12. The third-order valence-corrected chi connectivity index (χ3v) is 5.43. The van der Waals surface area contributed by atoms with E-state index in [9.17, 15) is 9.59 Å². The number of hydrogen-bond acceptors (Lipinski definition) is 4. The Hall–Kier alpha value is -3.32. The van der Waals surface area contributed by atoms with Crippen molar-refractivity contribution in [3.8, 4) is 16.2 Å². The van der Waals surface area contributed by atoms with Crippen molar-refractivity contribution in [3.63, 3.8) is 0 Å². The van der Waals surface area contributed by atoms with Gasteiger partial charge in [-0.25, -0.2) is 4.79 Å². The van der Waals surface area contributed by atoms with Crippen LogP contribution in [0.15, 0.2) is 54.6 Å². The molecule has 0 spiro atoms. The molecule has 3 amide bonds. The number of carbonyl (C=O) groups is 2. The van der Waals surface area contributed by atoms with Gasteiger partial charge in [0.15, 0.2) is 0 Å². The molecule has 0 radical (unpaired) electrons. The number of primary amides is 1. The molecule has 4 rings (SSSR count). The first-order valence-corrected chi connectivity index (χ1v) is 9.20. The third kappa shape index (κ3) is 3.63. The second-order valence-corrected chi connectivity index (χ2v) is 7.17. The molecule has 6 nitrogen and oxygen atoms in total. The van der Waals surface area contributed by atoms with E-state index in [1.54, 1.807) is 12.1 Å². The number of nitrogens with one attached hydrogen (secondary N) is 2. The van der Waals surface area contributed by atoms with Crippen LogP contribution in [-0.4, -0.2) is 11.9 Å². The number of hydrogen-bond donors (Lipinski definition) is 3. The predicted molar refractivity (Wildman–Crippen MR) is 105 cm³/mol. The fraction of sp³-hybridized carbons (Fsp3) is 0.100. The van der Waals surface area contributed by atoms with Gasteiger partial charge in [-0.3, -0.25) is 4.79 Å². The second kappa shape index (κ2) is 7.13. The SMILES string of the molecule is NC(=O)Nc1ccc(CNC(=O)c2cc3c(s2)-c2ccccc2OC3)cc1. The minimum absolute atomic E-state index is 0.119. The van der Waals surface area contributed by atoms with Crippen molar-refractivity contribution in [1.82, 2.24) is 5.32 Å². The first-order valence-electron chi connectivity index (χ1n) is 8.38. The molecule has 4 N–H and O–H groups in total. The molecule has 3 aromatic rings. The number of rotatable bonds is 4. The van der Waals surface area contributed by atoms with Gasteiger partial charge in [0.25, 0.3) is 5.91 Å². The van der Waals surface area contributed by atoms with E-state index < -0.39 is 6.03 Å². The van der Waals surface area contributed by atoms with Crippen LogP contribution >= 0.6 is 11.3 Å². The summed E-state index contributed by atoms with van der Waals surface area (Å²) in [5.41, 5.74) is 8.68. The summed E-state index contributed by atoms with van der Waals surface area (Å²) >= 11 is 1.48. The smallest absolute Gasteiger partial charge is 0.316 e. The Balaban J connectivity index is 1.44. The number of carbonyl (C=O) groups excluding carboxylic acids is 2. The molecule has 0 aliphatic carbocycles. The summed E-state index contributed by atoms with van der Waals surface area (Å²) in [6, 6.07) is 16.3. The molecule has 1 aliphatic rings. The Labute approximate surface area is 160 Å². The van der Waals surface area contributed by atoms with Gasteiger partial charge in [-0.05, 0) is 35.9 Å². The number of anilines is 1. The summed E-state index contributed by atoms with van der Waals surface area (Å²) < 4.78 is 5.75. The lowest BCUT2D eigenvalue weighted by Crippen LogP contribution is -2.22. The summed E-state index contributed by atoms with van der Waals surface area (Å²) in [5.74, 6) is 0.731. The van der Waals surface area contributed by atoms with Gasteiger partial charge in [-0.2, -0.15) is 0 Å². The van der Waals surface area contributed by atoms with Gasteiger partial charge in [0, 0.05) is 28.2 Å². The van der Waals surface area contributed by atoms with Crippen LogP contribution < -0.4 is 21.1 Å². The molecule has 0 bridgehead atoms. The largest absolute Gasteiger partial charge is 0.488 e. The first kappa shape index (κ1) is 17.1. The number of amides is 3. The van der Waals surface area contributed by atoms with Gasteiger partial charge in [-0.15, -0.1) is 11.3 Å². The number of benzene rings is 2. The van der Waals surface area contributed by atoms with Crippen molar-refractivity contribution in [3.05, 3.63) is 70.6 Å². The Morgan fingerprint density at radius 1 is 1.11 bits per heavy atom. The monoisotopic (exact) mass is 379 g/mol. The molecular weight excluding hydrogens is 362 g/mol. The minimum atomic E-state index is -0.608. The van der Waals surface area contributed by atoms with Gasteiger partial charge in [0.1, 0.15) is 12.4 Å². The highest BCUT2D eigenvalue weighted by Gasteiger charge is 2.22. The zero-order valence-corrected chi connectivity index (χ0v) is 15.1. The maximum Gasteiger partial charge on any atom is 0.316 e. The van der Waals surface area contributed by atoms with E-state index in [1.165, 1.54) is 11.3 Å². The van der Waals surface area contributed by atoms with E-state index in [2.05, 4.69) is 10.6 Å². The van der Waals surface area contributed by atoms with Crippen LogP contribution in [0.1, 0.15) is 20.8 Å². The highest BCUT2D eigenvalue weighted by Crippen LogP contribution is 2.42. The lowest BCUT2D eigenvalue weighted by Gasteiger charge is -2.16. The molecule has 136 valence electrons. The molecular formula is C20H17N3O3S. The summed E-state index contributed by atoms with van der Waals surface area (Å²) in [4.78, 5) is 25.1. The number of fused-ring (bicyclic) bond motifs is 3. The maximum atomic E-state index is 12.5. The van der Waals surface area contributed by atoms with E-state index in [0.717, 1.165) is 27.3 Å². The lowest BCUT2D eigenvalue weighted by atomic mass is 10.1. The van der Waals surface area contributed by atoms with Gasteiger partial charge in [-0.1, -0.05) is 24.3 Å². The van der Waals surface area contributed by atoms with Gasteiger partial charge in [0.05, 0.1) is 4.88 Å². The fourth-order valence-electron chi connectivity index (χ4n) is 2.93. The summed E-state index contributed by atoms with van der Waals surface area (Å²) in [6.45, 7) is 0.871. The van der Waals surface area contributed by atoms with Crippen LogP contribution in [0.4, 0.5) is 10.5 Å². The van der Waals surface area contributed by atoms with E-state index in [0.29, 0.717) is 23.7 Å². The van der Waals surface area contributed by atoms with Crippen LogP contribution in [0.5, 0.6) is 5.75 Å². The van der Waals surface area contributed by atoms with Crippen LogP contribution in [0, 0.1) is 0 Å². The van der Waals surface area contributed by atoms with E-state index in [-0.39, 0.29) is 5.91 Å². The molecule has 1 aliphatic heterocycles. The number of thiophene rings is 1. The Morgan fingerprint density at radius 3 is 2.67 bits per heavy atom. The zero-order valence-electron chi connectivity index (χ0n) is 14.3. The highest BCUT2D eigenvalue weighted by atomic mass is 32.1. The maximum absolute atomic E-state index is 12.5. The summed E-state index contributed by atoms with van der Waals surface area (Å²) in [7, 11) is 0. The van der Waals surface area contributed by atoms with Crippen molar-refractivity contribution in [2.24, 2.45) is 5.73 Å². The molecule has 0 unspecified atom stereocenters. The van der Waals surface area contributed by atoms with Gasteiger partial charge >= 0.3 is 6.03 Å². The lowest BCUT2D eigenvalue weighted by molar-refractivity contribution is 0.0955. The van der Waals surface area contributed by atoms with Crippen LogP contribution in [0.25, 0.3) is 10.4 Å². The molecule has 2 heterocycles. The minimum Gasteiger partial charge on any atom is -0.488 e. The molecule has 0 fully saturated rings. The molecule has 2 aromatic carbocycles. The van der Waals surface area contributed by atoms with Crippen molar-refractivity contribution in [1.29, 1.82) is 0 Å². The first-order chi connectivity index (χ1) is 13.1. The Kier molecular flexibility index (Phi) is 4.52. The van der Waals surface area contributed by atoms with Crippen LogP contribution in [0.3, 0.4) is 0 Å². The highest BCUT2D eigenvalue weighted by molar-refractivity contribution is 7.17. The summed E-state index contributed by atoms with van der Waals surface area (Å²) in [6.07, 6.45) is 0. The number of ether oxygens (including phenoxy) is 1. The van der Waals surface area contributed by atoms with Crippen molar-refractivity contribution in [2.75, 3.05) is 5.32 Å². The Bertz CT molecular complexity index is 1010. The van der Waals surface area contributed by atoms with Crippen molar-refractivity contribution < 1.29 is 14.3 Å². The molecule has 0 atom stereocenters. The topological polar surface area (TPSA) is 93.5 Å². The molecule has 7 heteroatoms. The molecule has 0 saturated heterocycles. The standard InChI is InChI=1S/C20H17N3O3S/c21-20(25)23-14-7-5-12(6-8-14)10-22-19(24)17-9-13-11-26-16-4-2-1-3-15(16)18(13)27-17/h1-9H,10-11H2,(H,22,24)(H3,21,23,25). The van der Waals surface area contributed by atoms with E-state index >= 15 is 0 Å². The molecule has 27 heavy (non-hydrogen) atoms. The van der Waals surface area contributed by atoms with Crippen LogP contribution in [-0.2, 0) is 13.2 Å². The normalized spacial score (nSPS) is 11.7. The average Bonchev–Trinajstić information content (AvgIpc) is 3.12. The van der Waals surface area contributed by atoms with Gasteiger partial charge in [0.2, 0.25) is 0 Å². The zero-order chi connectivity index (χ0) is 18.8. The number of nitrogens with two attached hydrogens (primary N) is 1.